The maximum Gasteiger partial charge on any atom is 0.149 e. The van der Waals surface area contributed by atoms with E-state index in [-0.39, 0.29) is 12.4 Å². The molecule has 3 aromatic rings. The predicted molar refractivity (Wildman–Crippen MR) is 80.5 cm³/mol. The van der Waals surface area contributed by atoms with Crippen LogP contribution < -0.4 is 4.74 Å². The Morgan fingerprint density at radius 3 is 2.81 bits per heavy atom. The number of ether oxygens (including phenoxy) is 1. The Labute approximate surface area is 122 Å². The molecule has 2 nitrogen and oxygen atoms in total. The third kappa shape index (κ3) is 3.18. The van der Waals surface area contributed by atoms with Crippen LogP contribution in [0.4, 0.5) is 4.39 Å². The fourth-order valence-electron chi connectivity index (χ4n) is 2.01. The van der Waals surface area contributed by atoms with Crippen molar-refractivity contribution in [2.75, 3.05) is 6.61 Å². The zero-order valence-electron chi connectivity index (χ0n) is 11.2. The van der Waals surface area contributed by atoms with Gasteiger partial charge in [0.1, 0.15) is 23.7 Å². The molecule has 0 aliphatic heterocycles. The first-order valence-electron chi connectivity index (χ1n) is 6.54. The Hall–Kier alpha value is -2.86. The smallest absolute Gasteiger partial charge is 0.149 e. The van der Waals surface area contributed by atoms with Gasteiger partial charge >= 0.3 is 0 Å². The van der Waals surface area contributed by atoms with Gasteiger partial charge in [0.15, 0.2) is 0 Å². The van der Waals surface area contributed by atoms with Gasteiger partial charge in [0, 0.05) is 17.1 Å². The summed E-state index contributed by atoms with van der Waals surface area (Å²) in [6.45, 7) is 0.228. The van der Waals surface area contributed by atoms with E-state index in [0.717, 1.165) is 10.9 Å². The van der Waals surface area contributed by atoms with E-state index in [1.165, 1.54) is 12.1 Å². The van der Waals surface area contributed by atoms with E-state index in [1.54, 1.807) is 18.3 Å². The van der Waals surface area contributed by atoms with Crippen LogP contribution >= 0.6 is 0 Å². The molecule has 3 rings (SSSR count). The Morgan fingerprint density at radius 2 is 1.90 bits per heavy atom. The molecule has 1 heterocycles. The van der Waals surface area contributed by atoms with Gasteiger partial charge in [-0.1, -0.05) is 36.1 Å². The molecule has 0 atom stereocenters. The van der Waals surface area contributed by atoms with E-state index < -0.39 is 0 Å². The van der Waals surface area contributed by atoms with Crippen LogP contribution in [0.2, 0.25) is 0 Å². The highest BCUT2D eigenvalue weighted by molar-refractivity contribution is 5.84. The third-order valence-corrected chi connectivity index (χ3v) is 2.95. The topological polar surface area (TPSA) is 22.1 Å². The molecule has 0 aliphatic carbocycles. The molecule has 21 heavy (non-hydrogen) atoms. The van der Waals surface area contributed by atoms with Gasteiger partial charge in [-0.2, -0.15) is 0 Å². The van der Waals surface area contributed by atoms with Crippen molar-refractivity contribution in [3.8, 4) is 17.6 Å². The lowest BCUT2D eigenvalue weighted by atomic mass is 10.2. The van der Waals surface area contributed by atoms with Crippen LogP contribution in [0.3, 0.4) is 0 Å². The number of rotatable bonds is 2. The molecule has 0 N–H and O–H groups in total. The standard InChI is InChI=1S/C18H12FNO/c19-16-9-1-5-14(13-16)6-4-12-21-17-10-2-7-15-8-3-11-20-18(15)17/h1-3,5,7-11,13H,12H2. The summed E-state index contributed by atoms with van der Waals surface area (Å²) in [7, 11) is 0. The Balaban J connectivity index is 1.73. The van der Waals surface area contributed by atoms with Crippen molar-refractivity contribution >= 4 is 10.9 Å². The van der Waals surface area contributed by atoms with Crippen molar-refractivity contribution in [1.82, 2.24) is 4.98 Å². The van der Waals surface area contributed by atoms with Crippen molar-refractivity contribution in [3.63, 3.8) is 0 Å². The van der Waals surface area contributed by atoms with Gasteiger partial charge in [-0.3, -0.25) is 4.98 Å². The second-order valence-corrected chi connectivity index (χ2v) is 4.43. The maximum absolute atomic E-state index is 13.0. The average molecular weight is 277 g/mol. The fourth-order valence-corrected chi connectivity index (χ4v) is 2.01. The predicted octanol–water partition coefficient (Wildman–Crippen LogP) is 3.80. The quantitative estimate of drug-likeness (QED) is 0.665. The van der Waals surface area contributed by atoms with Crippen LogP contribution in [-0.4, -0.2) is 11.6 Å². The summed E-state index contributed by atoms with van der Waals surface area (Å²) in [5, 5.41) is 1.02. The number of aromatic nitrogens is 1. The van der Waals surface area contributed by atoms with Crippen molar-refractivity contribution in [1.29, 1.82) is 0 Å². The van der Waals surface area contributed by atoms with Crippen LogP contribution in [-0.2, 0) is 0 Å². The Morgan fingerprint density at radius 1 is 1.05 bits per heavy atom. The van der Waals surface area contributed by atoms with Crippen LogP contribution in [0.15, 0.2) is 60.8 Å². The molecule has 0 aliphatic rings. The largest absolute Gasteiger partial charge is 0.479 e. The second-order valence-electron chi connectivity index (χ2n) is 4.43. The van der Waals surface area contributed by atoms with Crippen molar-refractivity contribution < 1.29 is 9.13 Å². The van der Waals surface area contributed by atoms with Gasteiger partial charge in [-0.25, -0.2) is 4.39 Å². The average Bonchev–Trinajstić information content (AvgIpc) is 2.52. The lowest BCUT2D eigenvalue weighted by Gasteiger charge is -2.05. The van der Waals surface area contributed by atoms with E-state index >= 15 is 0 Å². The number of halogens is 1. The van der Waals surface area contributed by atoms with Crippen LogP contribution in [0, 0.1) is 17.7 Å². The highest BCUT2D eigenvalue weighted by atomic mass is 19.1. The maximum atomic E-state index is 13.0. The first kappa shape index (κ1) is 13.1. The molecule has 0 fully saturated rings. The van der Waals surface area contributed by atoms with E-state index in [2.05, 4.69) is 16.8 Å². The normalized spacial score (nSPS) is 9.95. The molecular weight excluding hydrogens is 265 g/mol. The molecule has 0 amide bonds. The molecule has 102 valence electrons. The molecule has 0 saturated heterocycles. The Bertz CT molecular complexity index is 828. The summed E-state index contributed by atoms with van der Waals surface area (Å²) < 4.78 is 18.6. The molecule has 0 radical (unpaired) electrons. The fraction of sp³-hybridized carbons (Fsp3) is 0.0556. The van der Waals surface area contributed by atoms with E-state index in [1.807, 2.05) is 30.3 Å². The Kier molecular flexibility index (Phi) is 3.79. The van der Waals surface area contributed by atoms with Gasteiger partial charge in [0.2, 0.25) is 0 Å². The highest BCUT2D eigenvalue weighted by Crippen LogP contribution is 2.22. The number of pyridine rings is 1. The summed E-state index contributed by atoms with van der Waals surface area (Å²) in [5.74, 6) is 6.15. The zero-order chi connectivity index (χ0) is 14.5. The number of nitrogens with zero attached hydrogens (tertiary/aromatic N) is 1. The van der Waals surface area contributed by atoms with Crippen molar-refractivity contribution in [3.05, 3.63) is 72.2 Å². The minimum Gasteiger partial charge on any atom is -0.479 e. The van der Waals surface area contributed by atoms with Gasteiger partial charge in [-0.05, 0) is 30.3 Å². The van der Waals surface area contributed by atoms with Crippen LogP contribution in [0.1, 0.15) is 5.56 Å². The number of hydrogen-bond acceptors (Lipinski definition) is 2. The van der Waals surface area contributed by atoms with E-state index in [4.69, 9.17) is 4.74 Å². The second kappa shape index (κ2) is 6.06. The van der Waals surface area contributed by atoms with E-state index in [9.17, 15) is 4.39 Å². The van der Waals surface area contributed by atoms with Crippen LogP contribution in [0.25, 0.3) is 10.9 Å². The molecular formula is C18H12FNO. The third-order valence-electron chi connectivity index (χ3n) is 2.95. The SMILES string of the molecule is Fc1cccc(C#CCOc2cccc3cccnc23)c1. The minimum atomic E-state index is -0.291. The summed E-state index contributed by atoms with van der Waals surface area (Å²) in [4.78, 5) is 4.31. The molecule has 2 aromatic carbocycles. The summed E-state index contributed by atoms with van der Waals surface area (Å²) in [6, 6.07) is 15.8. The van der Waals surface area contributed by atoms with Gasteiger partial charge in [0.25, 0.3) is 0 Å². The summed E-state index contributed by atoms with van der Waals surface area (Å²) in [6.07, 6.45) is 1.73. The van der Waals surface area contributed by atoms with Crippen molar-refractivity contribution in [2.45, 2.75) is 0 Å². The first-order chi connectivity index (χ1) is 10.3. The van der Waals surface area contributed by atoms with Gasteiger partial charge in [0.05, 0.1) is 0 Å². The minimum absolute atomic E-state index is 0.228. The molecule has 0 saturated carbocycles. The number of hydrogen-bond donors (Lipinski definition) is 0. The lowest BCUT2D eigenvalue weighted by molar-refractivity contribution is 0.374. The first-order valence-corrected chi connectivity index (χ1v) is 6.54. The molecule has 3 heteroatoms. The monoisotopic (exact) mass is 277 g/mol. The van der Waals surface area contributed by atoms with Gasteiger partial charge in [-0.15, -0.1) is 0 Å². The summed E-state index contributed by atoms with van der Waals surface area (Å²) >= 11 is 0. The lowest BCUT2D eigenvalue weighted by Crippen LogP contribution is -1.95. The number of benzene rings is 2. The number of para-hydroxylation sites is 1. The number of fused-ring (bicyclic) bond motifs is 1. The summed E-state index contributed by atoms with van der Waals surface area (Å²) in [5.41, 5.74) is 1.45. The molecule has 0 bridgehead atoms. The molecule has 0 spiro atoms. The van der Waals surface area contributed by atoms with Crippen LogP contribution in [0.5, 0.6) is 5.75 Å². The highest BCUT2D eigenvalue weighted by Gasteiger charge is 2.01. The molecule has 1 aromatic heterocycles. The van der Waals surface area contributed by atoms with Gasteiger partial charge < -0.3 is 4.74 Å². The van der Waals surface area contributed by atoms with Crippen molar-refractivity contribution in [2.24, 2.45) is 0 Å². The molecule has 0 unspecified atom stereocenters. The zero-order valence-corrected chi connectivity index (χ0v) is 11.2. The van der Waals surface area contributed by atoms with E-state index in [0.29, 0.717) is 11.3 Å².